The number of aldehydes is 1. The zero-order chi connectivity index (χ0) is 10.7. The van der Waals surface area contributed by atoms with Crippen molar-refractivity contribution in [2.45, 2.75) is 6.92 Å². The van der Waals surface area contributed by atoms with Gasteiger partial charge in [-0.3, -0.25) is 4.79 Å². The van der Waals surface area contributed by atoms with Crippen molar-refractivity contribution >= 4 is 22.2 Å². The van der Waals surface area contributed by atoms with Crippen molar-refractivity contribution in [1.29, 1.82) is 0 Å². The lowest BCUT2D eigenvalue weighted by atomic mass is 10.1. The highest BCUT2D eigenvalue weighted by Gasteiger charge is 2.14. The van der Waals surface area contributed by atoms with E-state index in [1.807, 2.05) is 6.92 Å². The molecule has 0 radical (unpaired) electrons. The summed E-state index contributed by atoms with van der Waals surface area (Å²) < 4.78 is 11.1. The van der Waals surface area contributed by atoms with Gasteiger partial charge in [0.15, 0.2) is 6.29 Å². The van der Waals surface area contributed by atoms with Crippen molar-refractivity contribution in [2.24, 2.45) is 0 Å². The summed E-state index contributed by atoms with van der Waals surface area (Å²) in [5.41, 5.74) is 1.32. The Morgan fingerprint density at radius 1 is 1.29 bits per heavy atom. The molecule has 1 aromatic rings. The third-order valence-electron chi connectivity index (χ3n) is 1.98. The molecule has 3 nitrogen and oxygen atoms in total. The second-order valence-electron chi connectivity index (χ2n) is 2.76. The van der Waals surface area contributed by atoms with Crippen LogP contribution < -0.4 is 9.47 Å². The van der Waals surface area contributed by atoms with Crippen molar-refractivity contribution in [2.75, 3.05) is 14.2 Å². The normalized spacial score (nSPS) is 9.71. The molecule has 0 saturated heterocycles. The van der Waals surface area contributed by atoms with E-state index in [-0.39, 0.29) is 0 Å². The van der Waals surface area contributed by atoms with Crippen LogP contribution >= 0.6 is 15.9 Å². The van der Waals surface area contributed by atoms with Crippen LogP contribution in [0.2, 0.25) is 0 Å². The minimum absolute atomic E-state index is 0.512. The van der Waals surface area contributed by atoms with Gasteiger partial charge in [0.1, 0.15) is 11.5 Å². The van der Waals surface area contributed by atoms with Crippen molar-refractivity contribution in [3.8, 4) is 11.5 Å². The Morgan fingerprint density at radius 3 is 2.29 bits per heavy atom. The number of halogens is 1. The zero-order valence-corrected chi connectivity index (χ0v) is 9.84. The lowest BCUT2D eigenvalue weighted by molar-refractivity contribution is 0.112. The zero-order valence-electron chi connectivity index (χ0n) is 8.26. The van der Waals surface area contributed by atoms with Crippen LogP contribution in [0.4, 0.5) is 0 Å². The highest BCUT2D eigenvalue weighted by molar-refractivity contribution is 9.10. The average Bonchev–Trinajstić information content (AvgIpc) is 2.17. The van der Waals surface area contributed by atoms with Gasteiger partial charge in [0.25, 0.3) is 0 Å². The van der Waals surface area contributed by atoms with E-state index in [1.165, 1.54) is 7.11 Å². The Morgan fingerprint density at radius 2 is 1.86 bits per heavy atom. The lowest BCUT2D eigenvalue weighted by Gasteiger charge is -2.13. The molecule has 0 aliphatic carbocycles. The van der Waals surface area contributed by atoms with Crippen LogP contribution in [0.5, 0.6) is 11.5 Å². The number of hydrogen-bond acceptors (Lipinski definition) is 3. The van der Waals surface area contributed by atoms with Gasteiger partial charge in [0, 0.05) is 5.56 Å². The Labute approximate surface area is 91.1 Å². The molecule has 0 fully saturated rings. The summed E-state index contributed by atoms with van der Waals surface area (Å²) in [4.78, 5) is 10.7. The smallest absolute Gasteiger partial charge is 0.153 e. The maximum atomic E-state index is 10.7. The number of methoxy groups -OCH3 is 2. The molecule has 0 heterocycles. The maximum absolute atomic E-state index is 10.7. The first-order valence-electron chi connectivity index (χ1n) is 4.02. The van der Waals surface area contributed by atoms with Gasteiger partial charge in [-0.25, -0.2) is 0 Å². The summed E-state index contributed by atoms with van der Waals surface area (Å²) in [6, 6.07) is 1.68. The molecule has 0 bridgehead atoms. The Kier molecular flexibility index (Phi) is 3.52. The number of rotatable bonds is 3. The summed E-state index contributed by atoms with van der Waals surface area (Å²) in [5.74, 6) is 1.24. The quantitative estimate of drug-likeness (QED) is 0.782. The fraction of sp³-hybridized carbons (Fsp3) is 0.300. The summed E-state index contributed by atoms with van der Waals surface area (Å²) in [7, 11) is 3.11. The minimum Gasteiger partial charge on any atom is -0.496 e. The van der Waals surface area contributed by atoms with E-state index in [1.54, 1.807) is 13.2 Å². The van der Waals surface area contributed by atoms with E-state index in [4.69, 9.17) is 9.47 Å². The van der Waals surface area contributed by atoms with E-state index in [2.05, 4.69) is 15.9 Å². The van der Waals surface area contributed by atoms with Gasteiger partial charge in [0.2, 0.25) is 0 Å². The second-order valence-corrected chi connectivity index (χ2v) is 3.61. The van der Waals surface area contributed by atoms with Gasteiger partial charge < -0.3 is 9.47 Å². The van der Waals surface area contributed by atoms with Crippen molar-refractivity contribution in [3.63, 3.8) is 0 Å². The Balaban J connectivity index is 3.46. The van der Waals surface area contributed by atoms with Crippen LogP contribution in [0.3, 0.4) is 0 Å². The number of carbonyl (C=O) groups is 1. The first kappa shape index (κ1) is 11.0. The van der Waals surface area contributed by atoms with Crippen LogP contribution in [-0.2, 0) is 0 Å². The van der Waals surface area contributed by atoms with Gasteiger partial charge in [-0.1, -0.05) is 0 Å². The number of benzene rings is 1. The average molecular weight is 259 g/mol. The van der Waals surface area contributed by atoms with E-state index < -0.39 is 0 Å². The standard InChI is InChI=1S/C10H11BrO3/c1-6-9(13-2)7(5-12)4-8(11)10(6)14-3/h4-5H,1-3H3. The largest absolute Gasteiger partial charge is 0.496 e. The molecule has 0 spiro atoms. The van der Waals surface area contributed by atoms with Gasteiger partial charge in [-0.15, -0.1) is 0 Å². The third-order valence-corrected chi connectivity index (χ3v) is 2.57. The van der Waals surface area contributed by atoms with E-state index >= 15 is 0 Å². The molecule has 0 aliphatic rings. The molecule has 76 valence electrons. The summed E-state index contributed by atoms with van der Waals surface area (Å²) in [6.07, 6.45) is 0.760. The summed E-state index contributed by atoms with van der Waals surface area (Å²) in [6.45, 7) is 1.84. The molecule has 1 aromatic carbocycles. The molecule has 0 aromatic heterocycles. The Hall–Kier alpha value is -1.03. The second kappa shape index (κ2) is 4.46. The maximum Gasteiger partial charge on any atom is 0.153 e. The molecule has 0 N–H and O–H groups in total. The first-order valence-corrected chi connectivity index (χ1v) is 4.81. The fourth-order valence-corrected chi connectivity index (χ4v) is 2.08. The molecule has 0 unspecified atom stereocenters. The van der Waals surface area contributed by atoms with Crippen molar-refractivity contribution in [1.82, 2.24) is 0 Å². The minimum atomic E-state index is 0.512. The lowest BCUT2D eigenvalue weighted by Crippen LogP contribution is -1.97. The molecule has 4 heteroatoms. The molecule has 0 saturated carbocycles. The molecule has 1 rings (SSSR count). The molecule has 0 amide bonds. The van der Waals surface area contributed by atoms with Gasteiger partial charge in [-0.05, 0) is 28.9 Å². The number of hydrogen-bond donors (Lipinski definition) is 0. The van der Waals surface area contributed by atoms with Crippen molar-refractivity contribution in [3.05, 3.63) is 21.7 Å². The van der Waals surface area contributed by atoms with Crippen LogP contribution in [0.15, 0.2) is 10.5 Å². The Bertz CT molecular complexity index is 361. The van der Waals surface area contributed by atoms with Crippen LogP contribution in [0, 0.1) is 6.92 Å². The molecular weight excluding hydrogens is 248 g/mol. The van der Waals surface area contributed by atoms with Gasteiger partial charge >= 0.3 is 0 Å². The van der Waals surface area contributed by atoms with E-state index in [0.29, 0.717) is 17.1 Å². The molecule has 0 atom stereocenters. The van der Waals surface area contributed by atoms with E-state index in [9.17, 15) is 4.79 Å². The summed E-state index contributed by atoms with van der Waals surface area (Å²) in [5, 5.41) is 0. The predicted molar refractivity (Wildman–Crippen MR) is 57.4 cm³/mol. The highest BCUT2D eigenvalue weighted by atomic mass is 79.9. The number of ether oxygens (including phenoxy) is 2. The van der Waals surface area contributed by atoms with Crippen LogP contribution in [-0.4, -0.2) is 20.5 Å². The molecular formula is C10H11BrO3. The van der Waals surface area contributed by atoms with Crippen molar-refractivity contribution < 1.29 is 14.3 Å². The van der Waals surface area contributed by atoms with Gasteiger partial charge in [0.05, 0.1) is 24.3 Å². The van der Waals surface area contributed by atoms with Crippen LogP contribution in [0.25, 0.3) is 0 Å². The third kappa shape index (κ3) is 1.75. The highest BCUT2D eigenvalue weighted by Crippen LogP contribution is 2.37. The topological polar surface area (TPSA) is 35.5 Å². The molecule has 14 heavy (non-hydrogen) atoms. The van der Waals surface area contributed by atoms with Gasteiger partial charge in [-0.2, -0.15) is 0 Å². The fourth-order valence-electron chi connectivity index (χ4n) is 1.38. The van der Waals surface area contributed by atoms with E-state index in [0.717, 1.165) is 16.3 Å². The SMILES string of the molecule is COc1c(Br)cc(C=O)c(OC)c1C. The van der Waals surface area contributed by atoms with Crippen LogP contribution in [0.1, 0.15) is 15.9 Å². The summed E-state index contributed by atoms with van der Waals surface area (Å²) >= 11 is 3.32. The number of carbonyl (C=O) groups excluding carboxylic acids is 1. The molecule has 0 aliphatic heterocycles. The predicted octanol–water partition coefficient (Wildman–Crippen LogP) is 2.59. The first-order chi connectivity index (χ1) is 6.65. The monoisotopic (exact) mass is 258 g/mol.